The highest BCUT2D eigenvalue weighted by atomic mass is 16.3. The van der Waals surface area contributed by atoms with E-state index in [1.54, 1.807) is 23.1 Å². The van der Waals surface area contributed by atoms with E-state index in [9.17, 15) is 4.79 Å². The molecule has 2 N–H and O–H groups in total. The topological polar surface area (TPSA) is 115 Å². The highest BCUT2D eigenvalue weighted by molar-refractivity contribution is 5.73. The van der Waals surface area contributed by atoms with Crippen molar-refractivity contribution >= 4 is 11.6 Å². The maximum absolute atomic E-state index is 12.5. The van der Waals surface area contributed by atoms with Gasteiger partial charge in [0.25, 0.3) is 5.56 Å². The Balaban J connectivity index is 1.77. The van der Waals surface area contributed by atoms with Crippen molar-refractivity contribution in [3.05, 3.63) is 69.7 Å². The first-order valence-corrected chi connectivity index (χ1v) is 8.94. The zero-order valence-corrected chi connectivity index (χ0v) is 15.2. The number of hydrogen-bond donors (Lipinski definition) is 2. The summed E-state index contributed by atoms with van der Waals surface area (Å²) in [5.74, 6) is 1.36. The summed E-state index contributed by atoms with van der Waals surface area (Å²) >= 11 is 0. The van der Waals surface area contributed by atoms with Gasteiger partial charge in [0, 0.05) is 5.56 Å². The SMILES string of the molecule is CC(C)c1ccc(C2c3c(-c4ccco4)n[nH]c(=O)c3Nc3nnnn32)cc1. The molecule has 9 nitrogen and oxygen atoms in total. The second-order valence-electron chi connectivity index (χ2n) is 6.96. The van der Waals surface area contributed by atoms with Gasteiger partial charge in [-0.1, -0.05) is 43.2 Å². The van der Waals surface area contributed by atoms with Crippen LogP contribution >= 0.6 is 0 Å². The normalized spacial score (nSPS) is 15.2. The number of aromatic nitrogens is 6. The van der Waals surface area contributed by atoms with Gasteiger partial charge in [0.15, 0.2) is 5.76 Å². The van der Waals surface area contributed by atoms with E-state index in [0.29, 0.717) is 34.6 Å². The Bertz CT molecular complexity index is 1190. The minimum absolute atomic E-state index is 0.344. The van der Waals surface area contributed by atoms with Gasteiger partial charge in [-0.15, -0.1) is 0 Å². The van der Waals surface area contributed by atoms with E-state index in [-0.39, 0.29) is 5.56 Å². The number of hydrogen-bond acceptors (Lipinski definition) is 7. The zero-order chi connectivity index (χ0) is 19.3. The molecular formula is C19H17N7O2. The molecule has 4 aromatic rings. The molecule has 0 fully saturated rings. The van der Waals surface area contributed by atoms with Crippen molar-refractivity contribution in [2.24, 2.45) is 0 Å². The number of nitrogens with zero attached hydrogens (tertiary/aromatic N) is 5. The molecule has 140 valence electrons. The molecule has 0 aliphatic carbocycles. The van der Waals surface area contributed by atoms with Crippen LogP contribution in [0.4, 0.5) is 11.6 Å². The summed E-state index contributed by atoms with van der Waals surface area (Å²) in [4.78, 5) is 12.5. The molecule has 0 bridgehead atoms. The molecule has 0 amide bonds. The van der Waals surface area contributed by atoms with E-state index in [1.807, 2.05) is 12.1 Å². The van der Waals surface area contributed by atoms with Crippen LogP contribution in [0.25, 0.3) is 11.5 Å². The molecule has 0 saturated carbocycles. The third-order valence-electron chi connectivity index (χ3n) is 4.94. The Morgan fingerprint density at radius 1 is 1.18 bits per heavy atom. The van der Waals surface area contributed by atoms with Crippen molar-refractivity contribution in [2.75, 3.05) is 5.32 Å². The minimum Gasteiger partial charge on any atom is -0.463 e. The lowest BCUT2D eigenvalue weighted by Crippen LogP contribution is -2.29. The summed E-state index contributed by atoms with van der Waals surface area (Å²) in [6.45, 7) is 4.29. The molecule has 1 aromatic carbocycles. The molecule has 1 aliphatic rings. The number of furan rings is 1. The molecule has 4 heterocycles. The average molecular weight is 375 g/mol. The Labute approximate surface area is 159 Å². The predicted molar refractivity (Wildman–Crippen MR) is 101 cm³/mol. The molecule has 1 aliphatic heterocycles. The summed E-state index contributed by atoms with van der Waals surface area (Å²) in [6.07, 6.45) is 1.57. The number of anilines is 2. The third kappa shape index (κ3) is 2.43. The fourth-order valence-corrected chi connectivity index (χ4v) is 3.51. The fraction of sp³-hybridized carbons (Fsp3) is 0.211. The summed E-state index contributed by atoms with van der Waals surface area (Å²) in [6, 6.07) is 11.4. The van der Waals surface area contributed by atoms with Gasteiger partial charge in [-0.05, 0) is 39.6 Å². The summed E-state index contributed by atoms with van der Waals surface area (Å²) in [7, 11) is 0. The van der Waals surface area contributed by atoms with Crippen LogP contribution in [0.2, 0.25) is 0 Å². The van der Waals surface area contributed by atoms with Crippen LogP contribution in [0, 0.1) is 0 Å². The van der Waals surface area contributed by atoms with Crippen molar-refractivity contribution in [1.29, 1.82) is 0 Å². The number of H-pyrrole nitrogens is 1. The van der Waals surface area contributed by atoms with E-state index in [4.69, 9.17) is 4.42 Å². The first-order chi connectivity index (χ1) is 13.6. The van der Waals surface area contributed by atoms with E-state index >= 15 is 0 Å². The Morgan fingerprint density at radius 2 is 2.00 bits per heavy atom. The molecule has 5 rings (SSSR count). The highest BCUT2D eigenvalue weighted by Gasteiger charge is 2.34. The standard InChI is InChI=1S/C19H17N7O2/c1-10(2)11-5-7-12(8-6-11)17-14-15(13-4-3-9-28-13)21-22-18(27)16(14)20-19-23-24-25-26(17)19/h3-10,17H,1-2H3,(H,22,27)(H,20,23,25). The smallest absolute Gasteiger partial charge is 0.288 e. The Hall–Kier alpha value is -3.75. The van der Waals surface area contributed by atoms with E-state index in [2.05, 4.69) is 57.0 Å². The van der Waals surface area contributed by atoms with E-state index in [0.717, 1.165) is 5.56 Å². The van der Waals surface area contributed by atoms with Crippen LogP contribution in [0.15, 0.2) is 51.9 Å². The highest BCUT2D eigenvalue weighted by Crippen LogP contribution is 2.41. The average Bonchev–Trinajstić information content (AvgIpc) is 3.39. The monoisotopic (exact) mass is 375 g/mol. The van der Waals surface area contributed by atoms with Crippen LogP contribution in [0.1, 0.15) is 42.5 Å². The quantitative estimate of drug-likeness (QED) is 0.498. The summed E-state index contributed by atoms with van der Waals surface area (Å²) < 4.78 is 7.21. The van der Waals surface area contributed by atoms with Crippen molar-refractivity contribution in [2.45, 2.75) is 25.8 Å². The molecule has 9 heteroatoms. The maximum Gasteiger partial charge on any atom is 0.288 e. The molecule has 3 aromatic heterocycles. The van der Waals surface area contributed by atoms with E-state index < -0.39 is 6.04 Å². The van der Waals surface area contributed by atoms with Gasteiger partial charge in [0.1, 0.15) is 17.4 Å². The molecule has 0 spiro atoms. The number of benzene rings is 1. The fourth-order valence-electron chi connectivity index (χ4n) is 3.51. The van der Waals surface area contributed by atoms with Crippen LogP contribution in [-0.2, 0) is 0 Å². The molecule has 0 saturated heterocycles. The Morgan fingerprint density at radius 3 is 2.71 bits per heavy atom. The summed E-state index contributed by atoms with van der Waals surface area (Å²) in [5, 5.41) is 21.7. The van der Waals surface area contributed by atoms with Crippen LogP contribution in [-0.4, -0.2) is 30.4 Å². The van der Waals surface area contributed by atoms with Crippen molar-refractivity contribution in [1.82, 2.24) is 30.4 Å². The summed E-state index contributed by atoms with van der Waals surface area (Å²) in [5.41, 5.74) is 3.39. The second-order valence-corrected chi connectivity index (χ2v) is 6.96. The van der Waals surface area contributed by atoms with Gasteiger partial charge in [0.2, 0.25) is 5.95 Å². The van der Waals surface area contributed by atoms with Crippen molar-refractivity contribution in [3.63, 3.8) is 0 Å². The minimum atomic E-state index is -0.419. The van der Waals surface area contributed by atoms with Gasteiger partial charge in [0.05, 0.1) is 6.26 Å². The van der Waals surface area contributed by atoms with E-state index in [1.165, 1.54) is 5.56 Å². The molecule has 0 radical (unpaired) electrons. The van der Waals surface area contributed by atoms with Gasteiger partial charge >= 0.3 is 0 Å². The molecule has 1 atom stereocenters. The lowest BCUT2D eigenvalue weighted by atomic mass is 9.92. The predicted octanol–water partition coefficient (Wildman–Crippen LogP) is 2.83. The van der Waals surface area contributed by atoms with Gasteiger partial charge in [-0.3, -0.25) is 4.79 Å². The van der Waals surface area contributed by atoms with Gasteiger partial charge in [-0.25, -0.2) is 5.10 Å². The van der Waals surface area contributed by atoms with Crippen LogP contribution in [0.3, 0.4) is 0 Å². The molecule has 1 unspecified atom stereocenters. The van der Waals surface area contributed by atoms with Crippen molar-refractivity contribution in [3.8, 4) is 11.5 Å². The first kappa shape index (κ1) is 16.4. The van der Waals surface area contributed by atoms with Crippen molar-refractivity contribution < 1.29 is 4.42 Å². The number of fused-ring (bicyclic) bond motifs is 2. The van der Waals surface area contributed by atoms with Gasteiger partial charge in [-0.2, -0.15) is 9.78 Å². The second kappa shape index (κ2) is 6.15. The van der Waals surface area contributed by atoms with Crippen LogP contribution < -0.4 is 10.9 Å². The van der Waals surface area contributed by atoms with Crippen LogP contribution in [0.5, 0.6) is 0 Å². The largest absolute Gasteiger partial charge is 0.463 e. The Kier molecular flexibility index (Phi) is 3.61. The third-order valence-corrected chi connectivity index (χ3v) is 4.94. The number of tetrazole rings is 1. The first-order valence-electron chi connectivity index (χ1n) is 8.94. The lowest BCUT2D eigenvalue weighted by Gasteiger charge is -2.27. The number of rotatable bonds is 3. The zero-order valence-electron chi connectivity index (χ0n) is 15.2. The number of nitrogens with one attached hydrogen (secondary N) is 2. The number of aromatic amines is 1. The lowest BCUT2D eigenvalue weighted by molar-refractivity contribution is 0.554. The molecular weight excluding hydrogens is 358 g/mol. The molecule has 28 heavy (non-hydrogen) atoms. The van der Waals surface area contributed by atoms with Gasteiger partial charge < -0.3 is 9.73 Å². The maximum atomic E-state index is 12.5.